The molecule has 0 radical (unpaired) electrons. The van der Waals surface area contributed by atoms with Gasteiger partial charge in [0.25, 0.3) is 0 Å². The molecule has 1 heterocycles. The fraction of sp³-hybridized carbons (Fsp3) is 0.846. The monoisotopic (exact) mass is 240 g/mol. The van der Waals surface area contributed by atoms with Crippen LogP contribution in [0.2, 0.25) is 0 Å². The van der Waals surface area contributed by atoms with Gasteiger partial charge in [0.15, 0.2) is 0 Å². The maximum absolute atomic E-state index is 5.98. The Balaban J connectivity index is 2.48. The van der Waals surface area contributed by atoms with Crippen LogP contribution >= 0.6 is 0 Å². The molecule has 0 saturated carbocycles. The summed E-state index contributed by atoms with van der Waals surface area (Å²) in [6.45, 7) is 8.77. The topological polar surface area (TPSA) is 48.2 Å². The van der Waals surface area contributed by atoms with E-state index in [0.717, 1.165) is 19.3 Å². The molecule has 0 amide bonds. The highest BCUT2D eigenvalue weighted by Gasteiger charge is 2.24. The van der Waals surface area contributed by atoms with E-state index in [1.165, 1.54) is 12.8 Å². The Morgan fingerprint density at radius 3 is 2.47 bits per heavy atom. The second kappa shape index (κ2) is 6.74. The average Bonchev–Trinajstić information content (AvgIpc) is 2.71. The number of aromatic nitrogens is 2. The molecule has 4 nitrogen and oxygen atoms in total. The molecule has 1 aromatic heterocycles. The molecule has 1 atom stereocenters. The number of ether oxygens (including phenoxy) is 1. The highest BCUT2D eigenvalue weighted by atomic mass is 16.5. The highest BCUT2D eigenvalue weighted by molar-refractivity contribution is 4.79. The maximum atomic E-state index is 5.98. The van der Waals surface area contributed by atoms with Gasteiger partial charge in [-0.2, -0.15) is 0 Å². The van der Waals surface area contributed by atoms with Crippen LogP contribution in [0.4, 0.5) is 0 Å². The van der Waals surface area contributed by atoms with E-state index in [0.29, 0.717) is 18.4 Å². The second-order valence-corrected chi connectivity index (χ2v) is 4.81. The Morgan fingerprint density at radius 2 is 1.94 bits per heavy atom. The largest absolute Gasteiger partial charge is 0.423 e. The summed E-state index contributed by atoms with van der Waals surface area (Å²) in [5.41, 5.74) is -0.0624. The molecule has 0 N–H and O–H groups in total. The lowest BCUT2D eigenvalue weighted by Gasteiger charge is -2.29. The third-order valence-corrected chi connectivity index (χ3v) is 2.95. The maximum Gasteiger partial charge on any atom is 0.242 e. The molecule has 4 heteroatoms. The summed E-state index contributed by atoms with van der Waals surface area (Å²) in [4.78, 5) is 0. The number of rotatable bonds is 8. The summed E-state index contributed by atoms with van der Waals surface area (Å²) >= 11 is 0. The SMILES string of the molecule is CCCCC(C)(CCC)OCc1nnc(C)o1. The van der Waals surface area contributed by atoms with Crippen LogP contribution in [-0.2, 0) is 11.3 Å². The van der Waals surface area contributed by atoms with Crippen molar-refractivity contribution in [3.63, 3.8) is 0 Å². The molecule has 17 heavy (non-hydrogen) atoms. The fourth-order valence-corrected chi connectivity index (χ4v) is 1.98. The lowest BCUT2D eigenvalue weighted by Crippen LogP contribution is -2.28. The van der Waals surface area contributed by atoms with Crippen molar-refractivity contribution in [2.75, 3.05) is 0 Å². The predicted octanol–water partition coefficient (Wildman–Crippen LogP) is 3.64. The molecule has 0 bridgehead atoms. The van der Waals surface area contributed by atoms with Gasteiger partial charge in [0.1, 0.15) is 6.61 Å². The van der Waals surface area contributed by atoms with Crippen molar-refractivity contribution < 1.29 is 9.15 Å². The van der Waals surface area contributed by atoms with Gasteiger partial charge >= 0.3 is 0 Å². The van der Waals surface area contributed by atoms with E-state index in [1.54, 1.807) is 6.92 Å². The van der Waals surface area contributed by atoms with Gasteiger partial charge in [-0.1, -0.05) is 33.1 Å². The first-order valence-electron chi connectivity index (χ1n) is 6.52. The van der Waals surface area contributed by atoms with Gasteiger partial charge < -0.3 is 9.15 Å². The third kappa shape index (κ3) is 4.86. The van der Waals surface area contributed by atoms with Crippen LogP contribution in [0.15, 0.2) is 4.42 Å². The van der Waals surface area contributed by atoms with Crippen molar-refractivity contribution in [3.8, 4) is 0 Å². The van der Waals surface area contributed by atoms with Gasteiger partial charge in [0, 0.05) is 6.92 Å². The quantitative estimate of drug-likeness (QED) is 0.696. The van der Waals surface area contributed by atoms with Gasteiger partial charge in [0.2, 0.25) is 11.8 Å². The van der Waals surface area contributed by atoms with E-state index in [9.17, 15) is 0 Å². The van der Waals surface area contributed by atoms with E-state index in [-0.39, 0.29) is 5.60 Å². The summed E-state index contributed by atoms with van der Waals surface area (Å²) < 4.78 is 11.3. The molecule has 98 valence electrons. The second-order valence-electron chi connectivity index (χ2n) is 4.81. The zero-order valence-electron chi connectivity index (χ0n) is 11.5. The molecular weight excluding hydrogens is 216 g/mol. The van der Waals surface area contributed by atoms with Gasteiger partial charge in [-0.25, -0.2) is 0 Å². The first kappa shape index (κ1) is 14.2. The molecule has 1 unspecified atom stereocenters. The van der Waals surface area contributed by atoms with Crippen molar-refractivity contribution in [1.29, 1.82) is 0 Å². The van der Waals surface area contributed by atoms with Crippen LogP contribution in [0.5, 0.6) is 0 Å². The first-order valence-corrected chi connectivity index (χ1v) is 6.52. The molecule has 0 aliphatic heterocycles. The van der Waals surface area contributed by atoms with E-state index in [2.05, 4.69) is 31.0 Å². The highest BCUT2D eigenvalue weighted by Crippen LogP contribution is 2.25. The summed E-state index contributed by atoms with van der Waals surface area (Å²) in [5, 5.41) is 7.75. The fourth-order valence-electron chi connectivity index (χ4n) is 1.98. The van der Waals surface area contributed by atoms with Gasteiger partial charge in [-0.3, -0.25) is 0 Å². The van der Waals surface area contributed by atoms with Crippen LogP contribution in [0.1, 0.15) is 64.7 Å². The zero-order chi connectivity index (χ0) is 12.7. The van der Waals surface area contributed by atoms with Crippen molar-refractivity contribution in [1.82, 2.24) is 10.2 Å². The molecule has 1 rings (SSSR count). The smallest absolute Gasteiger partial charge is 0.242 e. The number of hydrogen-bond acceptors (Lipinski definition) is 4. The molecule has 0 spiro atoms. The predicted molar refractivity (Wildman–Crippen MR) is 66.7 cm³/mol. The molecule has 0 aliphatic carbocycles. The lowest BCUT2D eigenvalue weighted by molar-refractivity contribution is -0.0638. The summed E-state index contributed by atoms with van der Waals surface area (Å²) in [7, 11) is 0. The van der Waals surface area contributed by atoms with Crippen molar-refractivity contribution in [2.45, 2.75) is 72.0 Å². The average molecular weight is 240 g/mol. The Bertz CT molecular complexity index is 325. The molecule has 0 aromatic carbocycles. The molecule has 0 fully saturated rings. The van der Waals surface area contributed by atoms with E-state index in [1.807, 2.05) is 0 Å². The minimum Gasteiger partial charge on any atom is -0.423 e. The molecule has 0 aliphatic rings. The van der Waals surface area contributed by atoms with Crippen LogP contribution in [0, 0.1) is 6.92 Å². The van der Waals surface area contributed by atoms with Crippen molar-refractivity contribution in [2.24, 2.45) is 0 Å². The number of aryl methyl sites for hydroxylation is 1. The number of hydrogen-bond donors (Lipinski definition) is 0. The normalized spacial score (nSPS) is 14.8. The van der Waals surface area contributed by atoms with Crippen molar-refractivity contribution >= 4 is 0 Å². The first-order chi connectivity index (χ1) is 8.09. The third-order valence-electron chi connectivity index (χ3n) is 2.95. The van der Waals surface area contributed by atoms with Gasteiger partial charge in [0.05, 0.1) is 5.60 Å². The summed E-state index contributed by atoms with van der Waals surface area (Å²) in [6, 6.07) is 0. The van der Waals surface area contributed by atoms with Crippen LogP contribution < -0.4 is 0 Å². The van der Waals surface area contributed by atoms with Crippen LogP contribution in [0.25, 0.3) is 0 Å². The van der Waals surface area contributed by atoms with Crippen LogP contribution in [-0.4, -0.2) is 15.8 Å². The summed E-state index contributed by atoms with van der Waals surface area (Å²) in [6.07, 6.45) is 5.68. The summed E-state index contributed by atoms with van der Waals surface area (Å²) in [5.74, 6) is 1.16. The van der Waals surface area contributed by atoms with Crippen LogP contribution in [0.3, 0.4) is 0 Å². The molecule has 1 aromatic rings. The number of nitrogens with zero attached hydrogens (tertiary/aromatic N) is 2. The van der Waals surface area contributed by atoms with E-state index < -0.39 is 0 Å². The van der Waals surface area contributed by atoms with Gasteiger partial charge in [-0.05, 0) is 19.8 Å². The molecular formula is C13H24N2O2. The number of unbranched alkanes of at least 4 members (excludes halogenated alkanes) is 1. The minimum absolute atomic E-state index is 0.0624. The minimum atomic E-state index is -0.0624. The zero-order valence-corrected chi connectivity index (χ0v) is 11.5. The van der Waals surface area contributed by atoms with Gasteiger partial charge in [-0.15, -0.1) is 10.2 Å². The lowest BCUT2D eigenvalue weighted by atomic mass is 9.94. The Morgan fingerprint density at radius 1 is 1.18 bits per heavy atom. The Labute approximate surface area is 104 Å². The van der Waals surface area contributed by atoms with Crippen molar-refractivity contribution in [3.05, 3.63) is 11.8 Å². The standard InChI is InChI=1S/C13H24N2O2/c1-5-7-9-13(4,8-6-2)16-10-12-15-14-11(3)17-12/h5-10H2,1-4H3. The van der Waals surface area contributed by atoms with E-state index >= 15 is 0 Å². The Hall–Kier alpha value is -0.900. The van der Waals surface area contributed by atoms with E-state index in [4.69, 9.17) is 9.15 Å². The molecule has 0 saturated heterocycles. The Kier molecular flexibility index (Phi) is 5.62.